The van der Waals surface area contributed by atoms with Gasteiger partial charge in [0.2, 0.25) is 5.76 Å². The maximum atomic E-state index is 12.8. The molecule has 1 aromatic heterocycles. The third-order valence-electron chi connectivity index (χ3n) is 5.81. The molecule has 4 rings (SSSR count). The first kappa shape index (κ1) is 21.9. The number of ether oxygens (including phenoxy) is 2. The average molecular weight is 436 g/mol. The quantitative estimate of drug-likeness (QED) is 0.503. The molecule has 1 aliphatic rings. The van der Waals surface area contributed by atoms with Crippen LogP contribution < -0.4 is 10.1 Å². The highest BCUT2D eigenvalue weighted by Gasteiger charge is 2.23. The zero-order valence-electron chi connectivity index (χ0n) is 18.2. The molecule has 6 nitrogen and oxygen atoms in total. The first-order valence-electron chi connectivity index (χ1n) is 11.4. The van der Waals surface area contributed by atoms with Crippen LogP contribution in [0.25, 0.3) is 11.0 Å². The number of benzene rings is 2. The van der Waals surface area contributed by atoms with E-state index in [-0.39, 0.29) is 30.9 Å². The van der Waals surface area contributed by atoms with Gasteiger partial charge in [-0.05, 0) is 31.0 Å². The van der Waals surface area contributed by atoms with Gasteiger partial charge in [-0.3, -0.25) is 4.79 Å². The van der Waals surface area contributed by atoms with Crippen molar-refractivity contribution in [3.8, 4) is 5.75 Å². The van der Waals surface area contributed by atoms with Crippen LogP contribution in [0.1, 0.15) is 61.1 Å². The van der Waals surface area contributed by atoms with Gasteiger partial charge in [-0.15, -0.1) is 0 Å². The Kier molecular flexibility index (Phi) is 7.43. The van der Waals surface area contributed by atoms with E-state index >= 15 is 0 Å². The number of carbonyl (C=O) groups excluding carboxylic acids is 2. The van der Waals surface area contributed by atoms with Crippen molar-refractivity contribution >= 4 is 22.8 Å². The van der Waals surface area contributed by atoms with Crippen molar-refractivity contribution in [1.82, 2.24) is 5.32 Å². The maximum absolute atomic E-state index is 12.8. The molecule has 168 valence electrons. The molecular weight excluding hydrogens is 406 g/mol. The maximum Gasteiger partial charge on any atom is 0.375 e. The summed E-state index contributed by atoms with van der Waals surface area (Å²) in [6, 6.07) is 16.9. The lowest BCUT2D eigenvalue weighted by atomic mass is 9.97. The van der Waals surface area contributed by atoms with Gasteiger partial charge in [0.25, 0.3) is 5.91 Å². The summed E-state index contributed by atoms with van der Waals surface area (Å²) in [6.45, 7) is -0.176. The van der Waals surface area contributed by atoms with Crippen LogP contribution in [0.2, 0.25) is 0 Å². The van der Waals surface area contributed by atoms with Crippen molar-refractivity contribution in [2.24, 2.45) is 0 Å². The second-order valence-electron chi connectivity index (χ2n) is 8.19. The average Bonchev–Trinajstić information content (AvgIpc) is 3.17. The first-order chi connectivity index (χ1) is 15.7. The van der Waals surface area contributed by atoms with Gasteiger partial charge in [-0.25, -0.2) is 4.79 Å². The Labute approximate surface area is 187 Å². The van der Waals surface area contributed by atoms with E-state index < -0.39 is 5.97 Å². The SMILES string of the molecule is O=C(COC(=O)c1oc2ccccc2c1COc1ccccc1)NC1CCCCCCC1. The Morgan fingerprint density at radius 1 is 0.906 bits per heavy atom. The second kappa shape index (κ2) is 10.8. The van der Waals surface area contributed by atoms with Crippen LogP contribution >= 0.6 is 0 Å². The lowest BCUT2D eigenvalue weighted by molar-refractivity contribution is -0.125. The zero-order chi connectivity index (χ0) is 22.2. The summed E-state index contributed by atoms with van der Waals surface area (Å²) < 4.78 is 16.9. The number of nitrogens with one attached hydrogen (secondary N) is 1. The Balaban J connectivity index is 1.40. The molecule has 1 amide bonds. The predicted octanol–water partition coefficient (Wildman–Crippen LogP) is 5.40. The molecule has 0 aliphatic heterocycles. The van der Waals surface area contributed by atoms with Crippen molar-refractivity contribution in [3.05, 3.63) is 65.9 Å². The second-order valence-corrected chi connectivity index (χ2v) is 8.19. The van der Waals surface area contributed by atoms with E-state index in [9.17, 15) is 9.59 Å². The van der Waals surface area contributed by atoms with Crippen molar-refractivity contribution in [2.45, 2.75) is 57.6 Å². The third-order valence-corrected chi connectivity index (χ3v) is 5.81. The number of amides is 1. The molecule has 2 aromatic carbocycles. The van der Waals surface area contributed by atoms with Gasteiger partial charge in [0.1, 0.15) is 17.9 Å². The molecular formula is C26H29NO5. The molecule has 0 unspecified atom stereocenters. The standard InChI is InChI=1S/C26H29NO5/c28-24(27-19-11-5-2-1-3-6-12-19)18-31-26(29)25-22(17-30-20-13-7-4-8-14-20)21-15-9-10-16-23(21)32-25/h4,7-10,13-16,19H,1-3,5-6,11-12,17-18H2,(H,27,28). The predicted molar refractivity (Wildman–Crippen MR) is 122 cm³/mol. The number of hydrogen-bond donors (Lipinski definition) is 1. The molecule has 1 aliphatic carbocycles. The Bertz CT molecular complexity index is 1030. The van der Waals surface area contributed by atoms with Crippen LogP contribution in [-0.4, -0.2) is 24.5 Å². The van der Waals surface area contributed by atoms with Crippen molar-refractivity contribution < 1.29 is 23.5 Å². The van der Waals surface area contributed by atoms with Crippen LogP contribution in [0, 0.1) is 0 Å². The van der Waals surface area contributed by atoms with Gasteiger partial charge in [0.05, 0.1) is 5.56 Å². The molecule has 0 radical (unpaired) electrons. The number of rotatable bonds is 7. The van der Waals surface area contributed by atoms with Gasteiger partial charge < -0.3 is 19.2 Å². The highest BCUT2D eigenvalue weighted by Crippen LogP contribution is 2.28. The molecule has 1 N–H and O–H groups in total. The van der Waals surface area contributed by atoms with E-state index in [2.05, 4.69) is 5.32 Å². The number of carbonyl (C=O) groups is 2. The van der Waals surface area contributed by atoms with Crippen LogP contribution in [0.5, 0.6) is 5.75 Å². The Hall–Kier alpha value is -3.28. The summed E-state index contributed by atoms with van der Waals surface area (Å²) >= 11 is 0. The largest absolute Gasteiger partial charge is 0.489 e. The highest BCUT2D eigenvalue weighted by atomic mass is 16.5. The monoisotopic (exact) mass is 435 g/mol. The Morgan fingerprint density at radius 3 is 2.38 bits per heavy atom. The molecule has 32 heavy (non-hydrogen) atoms. The Morgan fingerprint density at radius 2 is 1.59 bits per heavy atom. The van der Waals surface area contributed by atoms with E-state index in [1.807, 2.05) is 48.5 Å². The highest BCUT2D eigenvalue weighted by molar-refractivity contribution is 5.96. The zero-order valence-corrected chi connectivity index (χ0v) is 18.2. The minimum absolute atomic E-state index is 0.0703. The summed E-state index contributed by atoms with van der Waals surface area (Å²) in [6.07, 6.45) is 7.88. The molecule has 0 spiro atoms. The van der Waals surface area contributed by atoms with Crippen molar-refractivity contribution in [3.63, 3.8) is 0 Å². The third kappa shape index (κ3) is 5.69. The van der Waals surface area contributed by atoms with Crippen molar-refractivity contribution in [2.75, 3.05) is 6.61 Å². The van der Waals surface area contributed by atoms with Crippen LogP contribution in [-0.2, 0) is 16.1 Å². The number of fused-ring (bicyclic) bond motifs is 1. The van der Waals surface area contributed by atoms with E-state index in [1.54, 1.807) is 6.07 Å². The minimum atomic E-state index is -0.666. The number of furan rings is 1. The summed E-state index contributed by atoms with van der Waals surface area (Å²) in [5.74, 6) is -0.181. The van der Waals surface area contributed by atoms with E-state index in [0.717, 1.165) is 31.1 Å². The molecule has 1 fully saturated rings. The number of hydrogen-bond acceptors (Lipinski definition) is 5. The van der Waals surface area contributed by atoms with Crippen molar-refractivity contribution in [1.29, 1.82) is 0 Å². The lowest BCUT2D eigenvalue weighted by Gasteiger charge is -2.20. The first-order valence-corrected chi connectivity index (χ1v) is 11.4. The van der Waals surface area contributed by atoms with Crippen LogP contribution in [0.4, 0.5) is 0 Å². The molecule has 1 heterocycles. The molecule has 0 bridgehead atoms. The number of para-hydroxylation sites is 2. The topological polar surface area (TPSA) is 77.8 Å². The summed E-state index contributed by atoms with van der Waals surface area (Å²) in [7, 11) is 0. The fourth-order valence-corrected chi connectivity index (χ4v) is 4.15. The lowest BCUT2D eigenvalue weighted by Crippen LogP contribution is -2.38. The van der Waals surface area contributed by atoms with Crippen LogP contribution in [0.15, 0.2) is 59.0 Å². The van der Waals surface area contributed by atoms with Gasteiger partial charge in [-0.1, -0.05) is 68.5 Å². The van der Waals surface area contributed by atoms with E-state index in [4.69, 9.17) is 13.9 Å². The van der Waals surface area contributed by atoms with Crippen LogP contribution in [0.3, 0.4) is 0 Å². The normalized spacial score (nSPS) is 15.0. The van der Waals surface area contributed by atoms with Gasteiger partial charge in [0, 0.05) is 11.4 Å². The summed E-state index contributed by atoms with van der Waals surface area (Å²) in [5.41, 5.74) is 1.18. The molecule has 0 saturated heterocycles. The van der Waals surface area contributed by atoms with Gasteiger partial charge in [0.15, 0.2) is 6.61 Å². The molecule has 1 saturated carbocycles. The van der Waals surface area contributed by atoms with Gasteiger partial charge >= 0.3 is 5.97 Å². The minimum Gasteiger partial charge on any atom is -0.489 e. The fraction of sp³-hybridized carbons (Fsp3) is 0.385. The number of esters is 1. The van der Waals surface area contributed by atoms with E-state index in [0.29, 0.717) is 16.9 Å². The molecule has 0 atom stereocenters. The molecule has 3 aromatic rings. The molecule has 6 heteroatoms. The summed E-state index contributed by atoms with van der Waals surface area (Å²) in [4.78, 5) is 25.2. The fourth-order valence-electron chi connectivity index (χ4n) is 4.15. The van der Waals surface area contributed by atoms with E-state index in [1.165, 1.54) is 19.3 Å². The summed E-state index contributed by atoms with van der Waals surface area (Å²) in [5, 5.41) is 3.80. The van der Waals surface area contributed by atoms with Gasteiger partial charge in [-0.2, -0.15) is 0 Å². The smallest absolute Gasteiger partial charge is 0.375 e.